The van der Waals surface area contributed by atoms with Gasteiger partial charge in [-0.3, -0.25) is 4.79 Å². The number of ether oxygens (including phenoxy) is 1. The number of nitrogens with two attached hydrogens (primary N) is 1. The molecular formula is C13H20N2O2S. The fraction of sp³-hybridized carbons (Fsp3) is 0.615. The van der Waals surface area contributed by atoms with Gasteiger partial charge in [-0.15, -0.1) is 11.3 Å². The Morgan fingerprint density at radius 2 is 2.28 bits per heavy atom. The lowest BCUT2D eigenvalue weighted by Crippen LogP contribution is -2.45. The monoisotopic (exact) mass is 268 g/mol. The first-order valence-electron chi connectivity index (χ1n) is 6.37. The standard InChI is InChI=1S/C13H20N2O2S/c1-10-4-9-18-12(10)13(16)15(6-5-14)11-2-7-17-8-3-11/h4,9,11H,2-3,5-8,14H2,1H3. The van der Waals surface area contributed by atoms with Crippen LogP contribution in [0.25, 0.3) is 0 Å². The van der Waals surface area contributed by atoms with Crippen LogP contribution in [-0.2, 0) is 4.74 Å². The van der Waals surface area contributed by atoms with Crippen molar-refractivity contribution in [3.05, 3.63) is 21.9 Å². The summed E-state index contributed by atoms with van der Waals surface area (Å²) in [6.45, 7) is 4.59. The van der Waals surface area contributed by atoms with E-state index in [0.717, 1.165) is 36.5 Å². The molecule has 1 fully saturated rings. The number of carbonyl (C=O) groups excluding carboxylic acids is 1. The highest BCUT2D eigenvalue weighted by molar-refractivity contribution is 7.12. The maximum Gasteiger partial charge on any atom is 0.264 e. The molecule has 1 aromatic heterocycles. The second-order valence-electron chi connectivity index (χ2n) is 4.56. The second kappa shape index (κ2) is 6.31. The molecule has 5 heteroatoms. The highest BCUT2D eigenvalue weighted by Gasteiger charge is 2.27. The maximum atomic E-state index is 12.6. The number of hydrogen-bond acceptors (Lipinski definition) is 4. The molecule has 1 amide bonds. The van der Waals surface area contributed by atoms with Crippen LogP contribution in [0.3, 0.4) is 0 Å². The molecule has 0 saturated carbocycles. The van der Waals surface area contributed by atoms with Crippen molar-refractivity contribution in [2.45, 2.75) is 25.8 Å². The number of nitrogens with zero attached hydrogens (tertiary/aromatic N) is 1. The lowest BCUT2D eigenvalue weighted by molar-refractivity contribution is 0.0301. The Hall–Kier alpha value is -0.910. The molecule has 1 aliphatic rings. The third-order valence-corrected chi connectivity index (χ3v) is 4.32. The summed E-state index contributed by atoms with van der Waals surface area (Å²) >= 11 is 1.51. The lowest BCUT2D eigenvalue weighted by atomic mass is 10.1. The van der Waals surface area contributed by atoms with Crippen LogP contribution in [0, 0.1) is 6.92 Å². The van der Waals surface area contributed by atoms with Gasteiger partial charge < -0.3 is 15.4 Å². The number of aryl methyl sites for hydroxylation is 1. The van der Waals surface area contributed by atoms with E-state index in [1.165, 1.54) is 11.3 Å². The van der Waals surface area contributed by atoms with Crippen molar-refractivity contribution in [3.8, 4) is 0 Å². The number of thiophene rings is 1. The van der Waals surface area contributed by atoms with E-state index in [1.54, 1.807) is 0 Å². The van der Waals surface area contributed by atoms with E-state index in [-0.39, 0.29) is 11.9 Å². The Labute approximate surface area is 112 Å². The predicted molar refractivity (Wildman–Crippen MR) is 73.0 cm³/mol. The Bertz CT molecular complexity index is 399. The van der Waals surface area contributed by atoms with E-state index in [2.05, 4.69) is 0 Å². The van der Waals surface area contributed by atoms with Gasteiger partial charge in [0.1, 0.15) is 0 Å². The molecule has 2 rings (SSSR count). The Balaban J connectivity index is 2.13. The van der Waals surface area contributed by atoms with Gasteiger partial charge in [0.2, 0.25) is 0 Å². The van der Waals surface area contributed by atoms with Gasteiger partial charge in [0.05, 0.1) is 4.88 Å². The van der Waals surface area contributed by atoms with E-state index in [4.69, 9.17) is 10.5 Å². The number of amides is 1. The summed E-state index contributed by atoms with van der Waals surface area (Å²) < 4.78 is 5.36. The van der Waals surface area contributed by atoms with Crippen molar-refractivity contribution >= 4 is 17.2 Å². The molecule has 4 nitrogen and oxygen atoms in total. The zero-order valence-corrected chi connectivity index (χ0v) is 11.5. The highest BCUT2D eigenvalue weighted by Crippen LogP contribution is 2.22. The van der Waals surface area contributed by atoms with E-state index < -0.39 is 0 Å². The number of carbonyl (C=O) groups is 1. The molecule has 0 spiro atoms. The minimum Gasteiger partial charge on any atom is -0.381 e. The molecule has 0 atom stereocenters. The molecule has 18 heavy (non-hydrogen) atoms. The van der Waals surface area contributed by atoms with Crippen LogP contribution >= 0.6 is 11.3 Å². The SMILES string of the molecule is Cc1ccsc1C(=O)N(CCN)C1CCOCC1. The fourth-order valence-electron chi connectivity index (χ4n) is 2.31. The van der Waals surface area contributed by atoms with Crippen LogP contribution in [0.5, 0.6) is 0 Å². The molecule has 0 aliphatic carbocycles. The smallest absolute Gasteiger partial charge is 0.264 e. The second-order valence-corrected chi connectivity index (χ2v) is 5.48. The third kappa shape index (κ3) is 2.91. The topological polar surface area (TPSA) is 55.6 Å². The normalized spacial score (nSPS) is 16.8. The summed E-state index contributed by atoms with van der Waals surface area (Å²) in [6.07, 6.45) is 1.83. The van der Waals surface area contributed by atoms with Crippen molar-refractivity contribution in [2.24, 2.45) is 5.73 Å². The van der Waals surface area contributed by atoms with Crippen LogP contribution in [0.15, 0.2) is 11.4 Å². The highest BCUT2D eigenvalue weighted by atomic mass is 32.1. The summed E-state index contributed by atoms with van der Waals surface area (Å²) in [5.74, 6) is 0.125. The Kier molecular flexibility index (Phi) is 4.74. The lowest BCUT2D eigenvalue weighted by Gasteiger charge is -2.34. The van der Waals surface area contributed by atoms with Crippen molar-refractivity contribution in [3.63, 3.8) is 0 Å². The van der Waals surface area contributed by atoms with Crippen molar-refractivity contribution < 1.29 is 9.53 Å². The summed E-state index contributed by atoms with van der Waals surface area (Å²) in [5.41, 5.74) is 6.70. The molecule has 0 radical (unpaired) electrons. The van der Waals surface area contributed by atoms with Gasteiger partial charge in [0.15, 0.2) is 0 Å². The summed E-state index contributed by atoms with van der Waals surface area (Å²) in [4.78, 5) is 15.3. The molecule has 0 unspecified atom stereocenters. The zero-order valence-electron chi connectivity index (χ0n) is 10.7. The van der Waals surface area contributed by atoms with E-state index in [1.807, 2.05) is 23.3 Å². The minimum absolute atomic E-state index is 0.125. The van der Waals surface area contributed by atoms with Crippen LogP contribution < -0.4 is 5.73 Å². The third-order valence-electron chi connectivity index (χ3n) is 3.32. The predicted octanol–water partition coefficient (Wildman–Crippen LogP) is 1.64. The largest absolute Gasteiger partial charge is 0.381 e. The van der Waals surface area contributed by atoms with E-state index >= 15 is 0 Å². The fourth-order valence-corrected chi connectivity index (χ4v) is 3.19. The van der Waals surface area contributed by atoms with Gasteiger partial charge >= 0.3 is 0 Å². The molecule has 1 saturated heterocycles. The first-order valence-corrected chi connectivity index (χ1v) is 7.25. The van der Waals surface area contributed by atoms with Crippen LogP contribution in [0.4, 0.5) is 0 Å². The minimum atomic E-state index is 0.125. The van der Waals surface area contributed by atoms with Crippen molar-refractivity contribution in [1.82, 2.24) is 4.90 Å². The first-order chi connectivity index (χ1) is 8.74. The number of hydrogen-bond donors (Lipinski definition) is 1. The first kappa shape index (κ1) is 13.5. The zero-order chi connectivity index (χ0) is 13.0. The molecule has 1 aromatic rings. The quantitative estimate of drug-likeness (QED) is 0.903. The number of rotatable bonds is 4. The van der Waals surface area contributed by atoms with Crippen LogP contribution in [0.1, 0.15) is 28.1 Å². The van der Waals surface area contributed by atoms with Gasteiger partial charge in [-0.25, -0.2) is 0 Å². The molecule has 1 aliphatic heterocycles. The Morgan fingerprint density at radius 3 is 2.83 bits per heavy atom. The summed E-state index contributed by atoms with van der Waals surface area (Å²) in [6, 6.07) is 2.26. The average Bonchev–Trinajstić information content (AvgIpc) is 2.82. The average molecular weight is 268 g/mol. The van der Waals surface area contributed by atoms with Crippen molar-refractivity contribution in [1.29, 1.82) is 0 Å². The van der Waals surface area contributed by atoms with Crippen molar-refractivity contribution in [2.75, 3.05) is 26.3 Å². The van der Waals surface area contributed by atoms with Crippen LogP contribution in [0.2, 0.25) is 0 Å². The summed E-state index contributed by atoms with van der Waals surface area (Å²) in [7, 11) is 0. The van der Waals surface area contributed by atoms with Gasteiger partial charge in [0.25, 0.3) is 5.91 Å². The molecule has 100 valence electrons. The maximum absolute atomic E-state index is 12.6. The molecule has 2 heterocycles. The Morgan fingerprint density at radius 1 is 1.56 bits per heavy atom. The van der Waals surface area contributed by atoms with E-state index in [9.17, 15) is 4.79 Å². The summed E-state index contributed by atoms with van der Waals surface area (Å²) in [5, 5.41) is 1.97. The van der Waals surface area contributed by atoms with Gasteiger partial charge in [-0.1, -0.05) is 0 Å². The molecular weight excluding hydrogens is 248 g/mol. The molecule has 0 aromatic carbocycles. The van der Waals surface area contributed by atoms with E-state index in [0.29, 0.717) is 13.1 Å². The van der Waals surface area contributed by atoms with Gasteiger partial charge in [-0.05, 0) is 36.8 Å². The van der Waals surface area contributed by atoms with Crippen LogP contribution in [-0.4, -0.2) is 43.2 Å². The molecule has 2 N–H and O–H groups in total. The van der Waals surface area contributed by atoms with Gasteiger partial charge in [0, 0.05) is 32.3 Å². The van der Waals surface area contributed by atoms with Gasteiger partial charge in [-0.2, -0.15) is 0 Å². The molecule has 0 bridgehead atoms.